The van der Waals surface area contributed by atoms with Gasteiger partial charge in [0.1, 0.15) is 0 Å². The molecule has 0 aliphatic rings. The van der Waals surface area contributed by atoms with Gasteiger partial charge in [-0.05, 0) is 6.07 Å². The summed E-state index contributed by atoms with van der Waals surface area (Å²) in [6.45, 7) is 0.772. The van der Waals surface area contributed by atoms with E-state index in [-0.39, 0.29) is 36.9 Å². The summed E-state index contributed by atoms with van der Waals surface area (Å²) in [7, 11) is 1.80. The molecule has 0 unspecified atom stereocenters. The summed E-state index contributed by atoms with van der Waals surface area (Å²) in [6.07, 6.45) is 3.59. The third-order valence-electron chi connectivity index (χ3n) is 1.06. The summed E-state index contributed by atoms with van der Waals surface area (Å²) in [5, 5.41) is 3.97. The Bertz CT molecular complexity index is 165. The zero-order valence-corrected chi connectivity index (χ0v) is 7.47. The molecule has 0 saturated carbocycles. The van der Waals surface area contributed by atoms with Crippen molar-refractivity contribution in [3.63, 3.8) is 0 Å². The molecule has 2 nitrogen and oxygen atoms in total. The number of hydrogen-bond acceptors (Lipinski definition) is 1. The summed E-state index contributed by atoms with van der Waals surface area (Å²) in [5.74, 6) is 0. The predicted octanol–water partition coefficient (Wildman–Crippen LogP) is 1.59. The molecule has 0 fully saturated rings. The fourth-order valence-electron chi connectivity index (χ4n) is 0.674. The first-order chi connectivity index (χ1) is 4.43. The molecule has 0 spiro atoms. The van der Waals surface area contributed by atoms with E-state index in [1.807, 2.05) is 18.3 Å². The maximum atomic E-state index is 3.97. The van der Waals surface area contributed by atoms with Gasteiger partial charge >= 0.3 is 0 Å². The third-order valence-corrected chi connectivity index (χ3v) is 1.06. The van der Waals surface area contributed by atoms with E-state index in [4.69, 9.17) is 0 Å². The molecule has 3 heteroatoms. The van der Waals surface area contributed by atoms with Crippen LogP contribution in [0.4, 0.5) is 0 Å². The first kappa shape index (κ1) is 10.3. The van der Waals surface area contributed by atoms with Gasteiger partial charge in [-0.1, -0.05) is 11.6 Å². The molecule has 0 aliphatic heterocycles. The van der Waals surface area contributed by atoms with Crippen LogP contribution in [-0.4, -0.2) is 12.0 Å². The van der Waals surface area contributed by atoms with Gasteiger partial charge in [0.05, 0.1) is 0 Å². The molecular weight excluding hydrogens is 281 g/mol. The Morgan fingerprint density at radius 3 is 2.90 bits per heavy atom. The molecule has 0 aliphatic carbocycles. The van der Waals surface area contributed by atoms with Gasteiger partial charge in [0.2, 0.25) is 0 Å². The molecule has 0 saturated heterocycles. The van der Waals surface area contributed by atoms with Crippen LogP contribution >= 0.6 is 0 Å². The van der Waals surface area contributed by atoms with Crippen molar-refractivity contribution in [3.05, 3.63) is 35.4 Å². The fraction of sp³-hybridized carbons (Fsp3) is 0.286. The van der Waals surface area contributed by atoms with E-state index in [0.717, 1.165) is 6.54 Å². The van der Waals surface area contributed by atoms with Crippen molar-refractivity contribution in [2.45, 2.75) is 6.54 Å². The molecule has 1 aromatic heterocycles. The van der Waals surface area contributed by atoms with Crippen molar-refractivity contribution in [2.75, 3.05) is 7.05 Å². The van der Waals surface area contributed by atoms with Crippen molar-refractivity contribution in [1.82, 2.24) is 4.98 Å². The molecule has 1 rings (SSSR count). The zero-order valence-electron chi connectivity index (χ0n) is 5.69. The minimum Gasteiger partial charge on any atom is -0.661 e. The van der Waals surface area contributed by atoms with Gasteiger partial charge in [0.25, 0.3) is 0 Å². The first-order valence-electron chi connectivity index (χ1n) is 2.88. The van der Waals surface area contributed by atoms with Crippen LogP contribution in [0.15, 0.2) is 24.5 Å². The molecule has 0 bridgehead atoms. The molecule has 0 aromatic carbocycles. The Morgan fingerprint density at radius 1 is 1.60 bits per heavy atom. The van der Waals surface area contributed by atoms with Gasteiger partial charge in [0.15, 0.2) is 0 Å². The van der Waals surface area contributed by atoms with Gasteiger partial charge in [-0.2, -0.15) is 7.05 Å². The fourth-order valence-corrected chi connectivity index (χ4v) is 0.674. The molecule has 10 heavy (non-hydrogen) atoms. The van der Waals surface area contributed by atoms with Crippen LogP contribution in [0.3, 0.4) is 0 Å². The minimum atomic E-state index is 0. The molecular formula is C7H9N2Tm-. The average Bonchev–Trinajstić information content (AvgIpc) is 1.91. The van der Waals surface area contributed by atoms with Crippen LogP contribution in [0.25, 0.3) is 5.32 Å². The van der Waals surface area contributed by atoms with Crippen LogP contribution in [0, 0.1) is 36.9 Å². The Hall–Kier alpha value is 0.344. The van der Waals surface area contributed by atoms with E-state index < -0.39 is 0 Å². The molecule has 1 radical (unpaired) electrons. The zero-order chi connectivity index (χ0) is 6.53. The van der Waals surface area contributed by atoms with Gasteiger partial charge in [-0.25, -0.2) is 0 Å². The summed E-state index contributed by atoms with van der Waals surface area (Å²) >= 11 is 0. The van der Waals surface area contributed by atoms with Crippen molar-refractivity contribution >= 4 is 0 Å². The Balaban J connectivity index is 0.000000810. The molecule has 0 N–H and O–H groups in total. The van der Waals surface area contributed by atoms with Crippen LogP contribution in [0.1, 0.15) is 5.56 Å². The summed E-state index contributed by atoms with van der Waals surface area (Å²) in [4.78, 5) is 3.94. The van der Waals surface area contributed by atoms with E-state index >= 15 is 0 Å². The Morgan fingerprint density at radius 2 is 2.40 bits per heavy atom. The van der Waals surface area contributed by atoms with Gasteiger partial charge in [-0.3, -0.25) is 4.98 Å². The van der Waals surface area contributed by atoms with E-state index in [2.05, 4.69) is 10.3 Å². The Kier molecular flexibility index (Phi) is 6.29. The number of rotatable bonds is 2. The largest absolute Gasteiger partial charge is 0.661 e. The smallest absolute Gasteiger partial charge is 0.0282 e. The number of pyridine rings is 1. The second kappa shape index (κ2) is 6.08. The number of hydrogen-bond donors (Lipinski definition) is 0. The maximum absolute atomic E-state index is 3.97. The third kappa shape index (κ3) is 3.50. The SMILES string of the molecule is C[N-]Cc1cccnc1.[Tm]. The van der Waals surface area contributed by atoms with Crippen molar-refractivity contribution in [2.24, 2.45) is 0 Å². The second-order valence-electron chi connectivity index (χ2n) is 1.84. The topological polar surface area (TPSA) is 27.0 Å². The molecule has 1 aromatic rings. The maximum Gasteiger partial charge on any atom is 0.0282 e. The quantitative estimate of drug-likeness (QED) is 0.812. The van der Waals surface area contributed by atoms with E-state index in [1.165, 1.54) is 5.56 Å². The minimum absolute atomic E-state index is 0. The van der Waals surface area contributed by atoms with E-state index in [0.29, 0.717) is 0 Å². The van der Waals surface area contributed by atoms with Crippen molar-refractivity contribution in [1.29, 1.82) is 0 Å². The number of aromatic nitrogens is 1. The second-order valence-corrected chi connectivity index (χ2v) is 1.84. The van der Waals surface area contributed by atoms with E-state index in [1.54, 1.807) is 13.2 Å². The predicted molar refractivity (Wildman–Crippen MR) is 37.2 cm³/mol. The standard InChI is InChI=1S/C7H9N2.Tm/c1-8-5-7-3-2-4-9-6-7;/h2-4,6H,5H2,1H3;/q-1;. The average molecular weight is 290 g/mol. The summed E-state index contributed by atoms with van der Waals surface area (Å²) < 4.78 is 0. The van der Waals surface area contributed by atoms with Crippen LogP contribution in [0.2, 0.25) is 0 Å². The molecule has 1 heterocycles. The van der Waals surface area contributed by atoms with Crippen LogP contribution in [-0.2, 0) is 6.54 Å². The summed E-state index contributed by atoms with van der Waals surface area (Å²) in [5.41, 5.74) is 1.17. The van der Waals surface area contributed by atoms with E-state index in [9.17, 15) is 0 Å². The van der Waals surface area contributed by atoms with Crippen LogP contribution in [0.5, 0.6) is 0 Å². The number of nitrogens with zero attached hydrogens (tertiary/aromatic N) is 2. The summed E-state index contributed by atoms with van der Waals surface area (Å²) in [6, 6.07) is 3.93. The Labute approximate surface area is 90.2 Å². The molecule has 0 atom stereocenters. The first-order valence-corrected chi connectivity index (χ1v) is 2.88. The molecule has 0 amide bonds. The molecule has 61 valence electrons. The van der Waals surface area contributed by atoms with Crippen molar-refractivity contribution < 1.29 is 36.9 Å². The van der Waals surface area contributed by atoms with Gasteiger partial charge in [-0.15, -0.1) is 6.54 Å². The van der Waals surface area contributed by atoms with Gasteiger partial charge < -0.3 is 5.32 Å². The monoisotopic (exact) mass is 290 g/mol. The normalized spacial score (nSPS) is 8.50. The van der Waals surface area contributed by atoms with Crippen LogP contribution < -0.4 is 0 Å². The van der Waals surface area contributed by atoms with Crippen molar-refractivity contribution in [3.8, 4) is 0 Å². The van der Waals surface area contributed by atoms with Gasteiger partial charge in [0, 0.05) is 49.3 Å².